The first-order valence-corrected chi connectivity index (χ1v) is 8.33. The van der Waals surface area contributed by atoms with Crippen molar-refractivity contribution in [3.63, 3.8) is 0 Å². The number of nitrogens with one attached hydrogen (secondary N) is 2. The minimum absolute atomic E-state index is 0.0902. The number of rotatable bonds is 7. The van der Waals surface area contributed by atoms with Crippen molar-refractivity contribution in [2.75, 3.05) is 53.2 Å². The summed E-state index contributed by atoms with van der Waals surface area (Å²) in [5, 5.41) is 5.95. The largest absolute Gasteiger partial charge is 0.384 e. The molecule has 1 aliphatic rings. The maximum absolute atomic E-state index is 12.3. The average Bonchev–Trinajstić information content (AvgIpc) is 2.39. The molecule has 0 spiro atoms. The van der Waals surface area contributed by atoms with Crippen LogP contribution in [0.15, 0.2) is 0 Å². The first-order valence-electron chi connectivity index (χ1n) is 6.72. The topological polar surface area (TPSA) is 87.7 Å². The molecular formula is C12H25N3O4S. The first-order chi connectivity index (χ1) is 9.34. The van der Waals surface area contributed by atoms with Gasteiger partial charge in [-0.1, -0.05) is 0 Å². The van der Waals surface area contributed by atoms with Gasteiger partial charge >= 0.3 is 0 Å². The van der Waals surface area contributed by atoms with Crippen LogP contribution >= 0.6 is 0 Å². The lowest BCUT2D eigenvalue weighted by molar-refractivity contribution is -0.136. The van der Waals surface area contributed by atoms with E-state index in [-0.39, 0.29) is 18.2 Å². The molecule has 1 fully saturated rings. The Morgan fingerprint density at radius 3 is 2.45 bits per heavy atom. The van der Waals surface area contributed by atoms with Crippen LogP contribution in [0.1, 0.15) is 12.8 Å². The molecule has 0 radical (unpaired) electrons. The van der Waals surface area contributed by atoms with Crippen molar-refractivity contribution in [2.24, 2.45) is 5.41 Å². The van der Waals surface area contributed by atoms with Crippen molar-refractivity contribution < 1.29 is 17.9 Å². The summed E-state index contributed by atoms with van der Waals surface area (Å²) in [6, 6.07) is 0. The van der Waals surface area contributed by atoms with Gasteiger partial charge in [0.15, 0.2) is 0 Å². The molecule has 0 unspecified atom stereocenters. The molecule has 0 aliphatic carbocycles. The van der Waals surface area contributed by atoms with E-state index in [4.69, 9.17) is 4.74 Å². The van der Waals surface area contributed by atoms with Crippen molar-refractivity contribution >= 4 is 15.9 Å². The second kappa shape index (κ2) is 7.35. The van der Waals surface area contributed by atoms with Crippen LogP contribution < -0.4 is 10.6 Å². The Labute approximate surface area is 121 Å². The maximum atomic E-state index is 12.3. The molecule has 0 atom stereocenters. The van der Waals surface area contributed by atoms with Gasteiger partial charge < -0.3 is 15.4 Å². The van der Waals surface area contributed by atoms with Crippen LogP contribution in [-0.4, -0.2) is 71.8 Å². The van der Waals surface area contributed by atoms with Gasteiger partial charge in [0.1, 0.15) is 0 Å². The van der Waals surface area contributed by atoms with Crippen LogP contribution in [0.5, 0.6) is 0 Å². The zero-order valence-corrected chi connectivity index (χ0v) is 13.3. The smallest absolute Gasteiger partial charge is 0.228 e. The molecule has 7 nitrogen and oxygen atoms in total. The Bertz CT molecular complexity index is 411. The molecule has 1 rings (SSSR count). The van der Waals surface area contributed by atoms with Gasteiger partial charge in [-0.3, -0.25) is 4.79 Å². The van der Waals surface area contributed by atoms with Crippen LogP contribution in [0.4, 0.5) is 0 Å². The third-order valence-corrected chi connectivity index (χ3v) is 5.50. The standard InChI is InChI=1S/C12H25N3O4S/c1-15(2)20(17,18)9-8-14-11(16)12(10-19-3)4-6-13-7-5-12/h13H,4-10H2,1-3H3,(H,14,16). The van der Waals surface area contributed by atoms with E-state index in [1.807, 2.05) is 0 Å². The van der Waals surface area contributed by atoms with E-state index in [1.165, 1.54) is 14.1 Å². The molecule has 118 valence electrons. The SMILES string of the molecule is COCC1(C(=O)NCCS(=O)(=O)N(C)C)CCNCC1. The highest BCUT2D eigenvalue weighted by Gasteiger charge is 2.39. The number of piperidine rings is 1. The van der Waals surface area contributed by atoms with Gasteiger partial charge in [-0.05, 0) is 25.9 Å². The molecule has 0 bridgehead atoms. The fourth-order valence-corrected chi connectivity index (χ4v) is 3.01. The minimum atomic E-state index is -3.28. The third kappa shape index (κ3) is 4.41. The molecule has 1 saturated heterocycles. The lowest BCUT2D eigenvalue weighted by Gasteiger charge is -2.35. The summed E-state index contributed by atoms with van der Waals surface area (Å²) in [4.78, 5) is 12.3. The minimum Gasteiger partial charge on any atom is -0.384 e. The molecule has 0 saturated carbocycles. The molecule has 0 aromatic rings. The van der Waals surface area contributed by atoms with Crippen LogP contribution in [0, 0.1) is 5.41 Å². The number of hydrogen-bond donors (Lipinski definition) is 2. The van der Waals surface area contributed by atoms with Gasteiger partial charge in [-0.2, -0.15) is 0 Å². The first kappa shape index (κ1) is 17.4. The second-order valence-electron chi connectivity index (χ2n) is 5.32. The molecule has 2 N–H and O–H groups in total. The highest BCUT2D eigenvalue weighted by Crippen LogP contribution is 2.29. The zero-order valence-electron chi connectivity index (χ0n) is 12.4. The summed E-state index contributed by atoms with van der Waals surface area (Å²) >= 11 is 0. The second-order valence-corrected chi connectivity index (χ2v) is 7.62. The summed E-state index contributed by atoms with van der Waals surface area (Å²) in [6.07, 6.45) is 1.40. The number of ether oxygens (including phenoxy) is 1. The number of sulfonamides is 1. The van der Waals surface area contributed by atoms with E-state index in [9.17, 15) is 13.2 Å². The normalized spacial score (nSPS) is 19.0. The predicted octanol–water partition coefficient (Wildman–Crippen LogP) is -0.990. The highest BCUT2D eigenvalue weighted by atomic mass is 32.2. The van der Waals surface area contributed by atoms with Crippen LogP contribution in [-0.2, 0) is 19.6 Å². The van der Waals surface area contributed by atoms with Crippen LogP contribution in [0.3, 0.4) is 0 Å². The summed E-state index contributed by atoms with van der Waals surface area (Å²) in [7, 11) is 1.26. The van der Waals surface area contributed by atoms with Gasteiger partial charge in [0.25, 0.3) is 0 Å². The third-order valence-electron chi connectivity index (χ3n) is 3.66. The molecule has 1 aliphatic heterocycles. The Morgan fingerprint density at radius 1 is 1.35 bits per heavy atom. The van der Waals surface area contributed by atoms with E-state index in [1.54, 1.807) is 7.11 Å². The summed E-state index contributed by atoms with van der Waals surface area (Å²) < 4.78 is 29.6. The van der Waals surface area contributed by atoms with E-state index >= 15 is 0 Å². The van der Waals surface area contributed by atoms with Crippen LogP contribution in [0.2, 0.25) is 0 Å². The Kier molecular flexibility index (Phi) is 6.38. The number of hydrogen-bond acceptors (Lipinski definition) is 5. The lowest BCUT2D eigenvalue weighted by Crippen LogP contribution is -2.51. The Morgan fingerprint density at radius 2 is 1.95 bits per heavy atom. The van der Waals surface area contributed by atoms with Crippen molar-refractivity contribution in [1.82, 2.24) is 14.9 Å². The summed E-state index contributed by atoms with van der Waals surface area (Å²) in [5.74, 6) is -0.206. The predicted molar refractivity (Wildman–Crippen MR) is 76.9 cm³/mol. The number of carbonyl (C=O) groups excluding carboxylic acids is 1. The zero-order chi connectivity index (χ0) is 15.2. The van der Waals surface area contributed by atoms with Crippen molar-refractivity contribution in [2.45, 2.75) is 12.8 Å². The van der Waals surface area contributed by atoms with E-state index in [2.05, 4.69) is 10.6 Å². The fraction of sp³-hybridized carbons (Fsp3) is 0.917. The molecule has 8 heteroatoms. The summed E-state index contributed by atoms with van der Waals surface area (Å²) in [6.45, 7) is 2.03. The summed E-state index contributed by atoms with van der Waals surface area (Å²) in [5.41, 5.74) is -0.540. The fourth-order valence-electron chi connectivity index (χ4n) is 2.28. The molecular weight excluding hydrogens is 282 g/mol. The monoisotopic (exact) mass is 307 g/mol. The van der Waals surface area contributed by atoms with Gasteiger partial charge in [0, 0.05) is 27.7 Å². The van der Waals surface area contributed by atoms with Crippen molar-refractivity contribution in [3.05, 3.63) is 0 Å². The van der Waals surface area contributed by atoms with Crippen molar-refractivity contribution in [1.29, 1.82) is 0 Å². The van der Waals surface area contributed by atoms with Gasteiger partial charge in [0.05, 0.1) is 17.8 Å². The van der Waals surface area contributed by atoms with Crippen molar-refractivity contribution in [3.8, 4) is 0 Å². The van der Waals surface area contributed by atoms with Crippen LogP contribution in [0.25, 0.3) is 0 Å². The number of carbonyl (C=O) groups is 1. The lowest BCUT2D eigenvalue weighted by atomic mass is 9.78. The van der Waals surface area contributed by atoms with E-state index in [0.717, 1.165) is 17.4 Å². The number of methoxy groups -OCH3 is 1. The maximum Gasteiger partial charge on any atom is 0.228 e. The molecule has 1 amide bonds. The Hall–Kier alpha value is -0.700. The van der Waals surface area contributed by atoms with E-state index in [0.29, 0.717) is 19.4 Å². The molecule has 0 aromatic heterocycles. The molecule has 0 aromatic carbocycles. The average molecular weight is 307 g/mol. The van der Waals surface area contributed by atoms with Gasteiger partial charge in [-0.25, -0.2) is 12.7 Å². The van der Waals surface area contributed by atoms with Gasteiger partial charge in [0.2, 0.25) is 15.9 Å². The molecule has 20 heavy (non-hydrogen) atoms. The number of nitrogens with zero attached hydrogens (tertiary/aromatic N) is 1. The number of amides is 1. The molecule has 1 heterocycles. The van der Waals surface area contributed by atoms with E-state index < -0.39 is 15.4 Å². The van der Waals surface area contributed by atoms with Gasteiger partial charge in [-0.15, -0.1) is 0 Å². The quantitative estimate of drug-likeness (QED) is 0.630. The highest BCUT2D eigenvalue weighted by molar-refractivity contribution is 7.89. The Balaban J connectivity index is 2.55.